The highest BCUT2D eigenvalue weighted by atomic mass is 15.3. The van der Waals surface area contributed by atoms with E-state index in [1.807, 2.05) is 0 Å². The zero-order valence-corrected chi connectivity index (χ0v) is 8.93. The molecule has 1 spiro atoms. The van der Waals surface area contributed by atoms with Crippen LogP contribution in [0.5, 0.6) is 0 Å². The molecule has 2 heteroatoms. The Balaban J connectivity index is 1.96. The van der Waals surface area contributed by atoms with Crippen LogP contribution in [-0.2, 0) is 0 Å². The lowest BCUT2D eigenvalue weighted by atomic mass is 9.73. The Morgan fingerprint density at radius 1 is 1.31 bits per heavy atom. The van der Waals surface area contributed by atoms with Crippen molar-refractivity contribution in [2.75, 3.05) is 19.6 Å². The minimum absolute atomic E-state index is 0.351. The second-order valence-electron chi connectivity index (χ2n) is 5.43. The van der Waals surface area contributed by atoms with Crippen molar-refractivity contribution in [1.29, 1.82) is 0 Å². The summed E-state index contributed by atoms with van der Waals surface area (Å²) in [6.45, 7) is 10.5. The maximum atomic E-state index is 3.26. The Morgan fingerprint density at radius 2 is 2.00 bits per heavy atom. The Kier molecular flexibility index (Phi) is 1.91. The summed E-state index contributed by atoms with van der Waals surface area (Å²) >= 11 is 0. The summed E-state index contributed by atoms with van der Waals surface area (Å²) in [5.74, 6) is 0. The highest BCUT2D eigenvalue weighted by molar-refractivity contribution is 5.12. The maximum Gasteiger partial charge on any atom is 0.0171 e. The highest BCUT2D eigenvalue weighted by Gasteiger charge is 2.45. The molecule has 0 bridgehead atoms. The first-order valence-electron chi connectivity index (χ1n) is 5.18. The Bertz CT molecular complexity index is 219. The molecule has 0 unspecified atom stereocenters. The lowest BCUT2D eigenvalue weighted by Crippen LogP contribution is -2.63. The van der Waals surface area contributed by atoms with Crippen LogP contribution in [0.3, 0.4) is 0 Å². The van der Waals surface area contributed by atoms with Crippen LogP contribution in [0.1, 0.15) is 27.2 Å². The largest absolute Gasteiger partial charge is 0.391 e. The van der Waals surface area contributed by atoms with Gasteiger partial charge >= 0.3 is 0 Å². The molecule has 1 fully saturated rings. The van der Waals surface area contributed by atoms with Crippen molar-refractivity contribution in [1.82, 2.24) is 10.2 Å². The van der Waals surface area contributed by atoms with Crippen molar-refractivity contribution in [3.8, 4) is 0 Å². The van der Waals surface area contributed by atoms with E-state index in [1.165, 1.54) is 19.5 Å². The fourth-order valence-electron chi connectivity index (χ4n) is 2.18. The van der Waals surface area contributed by atoms with Crippen LogP contribution in [0.2, 0.25) is 0 Å². The molecule has 0 aliphatic carbocycles. The van der Waals surface area contributed by atoms with E-state index in [-0.39, 0.29) is 0 Å². The third kappa shape index (κ3) is 1.60. The van der Waals surface area contributed by atoms with Gasteiger partial charge in [0, 0.05) is 30.6 Å². The van der Waals surface area contributed by atoms with E-state index in [9.17, 15) is 0 Å². The van der Waals surface area contributed by atoms with E-state index in [2.05, 4.69) is 43.3 Å². The van der Waals surface area contributed by atoms with Gasteiger partial charge in [-0.3, -0.25) is 4.90 Å². The lowest BCUT2D eigenvalue weighted by Gasteiger charge is -2.55. The maximum absolute atomic E-state index is 3.26. The summed E-state index contributed by atoms with van der Waals surface area (Å²) in [7, 11) is 0. The molecule has 0 aromatic rings. The number of nitrogens with one attached hydrogen (secondary N) is 1. The molecule has 2 rings (SSSR count). The molecule has 2 nitrogen and oxygen atoms in total. The van der Waals surface area contributed by atoms with E-state index in [0.717, 1.165) is 6.54 Å². The fourth-order valence-corrected chi connectivity index (χ4v) is 2.18. The van der Waals surface area contributed by atoms with Crippen molar-refractivity contribution in [2.45, 2.75) is 32.7 Å². The number of hydrogen-bond acceptors (Lipinski definition) is 2. The van der Waals surface area contributed by atoms with Crippen LogP contribution in [0.4, 0.5) is 0 Å². The van der Waals surface area contributed by atoms with E-state index >= 15 is 0 Å². The zero-order chi connectivity index (χ0) is 9.53. The molecule has 0 saturated carbocycles. The summed E-state index contributed by atoms with van der Waals surface area (Å²) in [6.07, 6.45) is 5.79. The van der Waals surface area contributed by atoms with Crippen molar-refractivity contribution in [3.05, 3.63) is 12.3 Å². The average Bonchev–Trinajstić information content (AvgIpc) is 2.00. The summed E-state index contributed by atoms with van der Waals surface area (Å²) < 4.78 is 0. The monoisotopic (exact) mass is 180 g/mol. The normalized spacial score (nSPS) is 27.0. The molecule has 74 valence electrons. The number of nitrogens with zero attached hydrogens (tertiary/aromatic N) is 1. The van der Waals surface area contributed by atoms with Crippen molar-refractivity contribution < 1.29 is 0 Å². The Hall–Kier alpha value is -0.500. The number of hydrogen-bond donors (Lipinski definition) is 1. The van der Waals surface area contributed by atoms with E-state index < -0.39 is 0 Å². The molecule has 2 aliphatic rings. The highest BCUT2D eigenvalue weighted by Crippen LogP contribution is 2.40. The SMILES string of the molecule is CC(C)(C)N1CC2(C=CNCC2)C1. The van der Waals surface area contributed by atoms with Gasteiger partial charge in [-0.05, 0) is 33.4 Å². The molecular weight excluding hydrogens is 160 g/mol. The second kappa shape index (κ2) is 2.74. The van der Waals surface area contributed by atoms with Crippen LogP contribution in [-0.4, -0.2) is 30.1 Å². The molecule has 0 atom stereocenters. The smallest absolute Gasteiger partial charge is 0.0171 e. The summed E-state index contributed by atoms with van der Waals surface area (Å²) in [4.78, 5) is 2.56. The number of likely N-dealkylation sites (tertiary alicyclic amines) is 1. The fraction of sp³-hybridized carbons (Fsp3) is 0.818. The van der Waals surface area contributed by atoms with Gasteiger partial charge in [0.05, 0.1) is 0 Å². The van der Waals surface area contributed by atoms with Gasteiger partial charge in [0.15, 0.2) is 0 Å². The topological polar surface area (TPSA) is 15.3 Å². The molecule has 1 saturated heterocycles. The third-order valence-electron chi connectivity index (χ3n) is 3.28. The molecule has 13 heavy (non-hydrogen) atoms. The molecule has 0 aromatic carbocycles. The van der Waals surface area contributed by atoms with Gasteiger partial charge in [-0.1, -0.05) is 6.08 Å². The molecule has 2 aliphatic heterocycles. The average molecular weight is 180 g/mol. The zero-order valence-electron chi connectivity index (χ0n) is 8.93. The summed E-state index contributed by atoms with van der Waals surface area (Å²) in [5.41, 5.74) is 0.864. The minimum Gasteiger partial charge on any atom is -0.391 e. The van der Waals surface area contributed by atoms with Crippen molar-refractivity contribution in [3.63, 3.8) is 0 Å². The quantitative estimate of drug-likeness (QED) is 0.609. The molecule has 0 radical (unpaired) electrons. The standard InChI is InChI=1S/C11H20N2/c1-10(2,3)13-8-11(9-13)4-6-12-7-5-11/h4,6,12H,5,7-9H2,1-3H3. The van der Waals surface area contributed by atoms with Crippen LogP contribution >= 0.6 is 0 Å². The van der Waals surface area contributed by atoms with Crippen LogP contribution < -0.4 is 5.32 Å². The van der Waals surface area contributed by atoms with Gasteiger partial charge in [0.1, 0.15) is 0 Å². The van der Waals surface area contributed by atoms with E-state index in [1.54, 1.807) is 0 Å². The van der Waals surface area contributed by atoms with Crippen LogP contribution in [0.25, 0.3) is 0 Å². The molecule has 2 heterocycles. The second-order valence-corrected chi connectivity index (χ2v) is 5.43. The van der Waals surface area contributed by atoms with Crippen LogP contribution in [0, 0.1) is 5.41 Å². The summed E-state index contributed by atoms with van der Waals surface area (Å²) in [6, 6.07) is 0. The van der Waals surface area contributed by atoms with Gasteiger partial charge in [-0.15, -0.1) is 0 Å². The van der Waals surface area contributed by atoms with Crippen molar-refractivity contribution >= 4 is 0 Å². The Labute approximate surface area is 81.0 Å². The first-order valence-corrected chi connectivity index (χ1v) is 5.18. The molecular formula is C11H20N2. The van der Waals surface area contributed by atoms with E-state index in [0.29, 0.717) is 11.0 Å². The first kappa shape index (κ1) is 9.07. The Morgan fingerprint density at radius 3 is 2.46 bits per heavy atom. The first-order chi connectivity index (χ1) is 6.02. The minimum atomic E-state index is 0.351. The lowest BCUT2D eigenvalue weighted by molar-refractivity contribution is -0.0361. The van der Waals surface area contributed by atoms with E-state index in [4.69, 9.17) is 0 Å². The van der Waals surface area contributed by atoms with Gasteiger partial charge in [0.25, 0.3) is 0 Å². The van der Waals surface area contributed by atoms with Gasteiger partial charge in [-0.2, -0.15) is 0 Å². The van der Waals surface area contributed by atoms with Crippen molar-refractivity contribution in [2.24, 2.45) is 5.41 Å². The number of rotatable bonds is 0. The predicted octanol–water partition coefficient (Wildman–Crippen LogP) is 1.59. The van der Waals surface area contributed by atoms with Gasteiger partial charge in [-0.25, -0.2) is 0 Å². The molecule has 0 amide bonds. The molecule has 1 N–H and O–H groups in total. The predicted molar refractivity (Wildman–Crippen MR) is 55.5 cm³/mol. The van der Waals surface area contributed by atoms with Crippen LogP contribution in [0.15, 0.2) is 12.3 Å². The van der Waals surface area contributed by atoms with Gasteiger partial charge < -0.3 is 5.32 Å². The van der Waals surface area contributed by atoms with Gasteiger partial charge in [0.2, 0.25) is 0 Å². The molecule has 0 aromatic heterocycles. The summed E-state index contributed by atoms with van der Waals surface area (Å²) in [5, 5.41) is 3.26. The third-order valence-corrected chi connectivity index (χ3v) is 3.28.